The van der Waals surface area contributed by atoms with E-state index in [1.807, 2.05) is 0 Å². The van der Waals surface area contributed by atoms with E-state index in [0.29, 0.717) is 19.3 Å². The van der Waals surface area contributed by atoms with Gasteiger partial charge in [0.1, 0.15) is 13.2 Å². The maximum Gasteiger partial charge on any atom is 0.306 e. The maximum atomic E-state index is 12.7. The smallest absolute Gasteiger partial charge is 0.306 e. The third-order valence-corrected chi connectivity index (χ3v) is 10.3. The summed E-state index contributed by atoms with van der Waals surface area (Å²) in [4.78, 5) is 37.5. The molecule has 0 fully saturated rings. The second-order valence-corrected chi connectivity index (χ2v) is 16.1. The fourth-order valence-corrected chi connectivity index (χ4v) is 6.54. The van der Waals surface area contributed by atoms with E-state index in [0.717, 1.165) is 69.6 Å². The van der Waals surface area contributed by atoms with E-state index >= 15 is 0 Å². The quantitative estimate of drug-likeness (QED) is 0.0357. The van der Waals surface area contributed by atoms with Crippen molar-refractivity contribution in [1.29, 1.82) is 0 Å². The van der Waals surface area contributed by atoms with Crippen LogP contribution in [0.25, 0.3) is 0 Å². The predicted molar refractivity (Wildman–Crippen MR) is 215 cm³/mol. The lowest BCUT2D eigenvalue weighted by atomic mass is 9.99. The lowest BCUT2D eigenvalue weighted by Gasteiger charge is -2.18. The normalized spacial score (nSPS) is 12.6. The van der Waals surface area contributed by atoms with Crippen LogP contribution in [0.15, 0.2) is 0 Å². The third kappa shape index (κ3) is 38.0. The van der Waals surface area contributed by atoms with Crippen LogP contribution < -0.4 is 0 Å². The van der Waals surface area contributed by atoms with Crippen LogP contribution >= 0.6 is 0 Å². The average Bonchev–Trinajstić information content (AvgIpc) is 3.11. The van der Waals surface area contributed by atoms with E-state index in [1.165, 1.54) is 128 Å². The standard InChI is InChI=1S/C45H86O6/c1-6-8-9-10-18-25-30-35-43(46)49-38-42(39-50-44(47)36-31-26-21-17-13-14-19-23-28-33-40(3)4)51-45(48)37-32-27-22-16-12-11-15-20-24-29-34-41(5)7-2/h40-42H,6-39H2,1-5H3/t41?,42-/m0/s1. The molecule has 0 N–H and O–H groups in total. The van der Waals surface area contributed by atoms with Gasteiger partial charge in [0.2, 0.25) is 0 Å². The van der Waals surface area contributed by atoms with E-state index in [1.54, 1.807) is 0 Å². The van der Waals surface area contributed by atoms with Crippen molar-refractivity contribution >= 4 is 17.9 Å². The third-order valence-electron chi connectivity index (χ3n) is 10.3. The van der Waals surface area contributed by atoms with Crippen LogP contribution in [-0.4, -0.2) is 37.2 Å². The lowest BCUT2D eigenvalue weighted by Crippen LogP contribution is -2.30. The van der Waals surface area contributed by atoms with Gasteiger partial charge in [-0.05, 0) is 31.1 Å². The monoisotopic (exact) mass is 723 g/mol. The summed E-state index contributed by atoms with van der Waals surface area (Å²) in [6.07, 6.45) is 35.2. The molecule has 0 heterocycles. The Bertz CT molecular complexity index is 781. The first kappa shape index (κ1) is 49.4. The molecule has 0 aliphatic carbocycles. The summed E-state index contributed by atoms with van der Waals surface area (Å²) < 4.78 is 16.6. The van der Waals surface area contributed by atoms with Gasteiger partial charge in [-0.3, -0.25) is 14.4 Å². The molecule has 0 rings (SSSR count). The Morgan fingerprint density at radius 2 is 0.745 bits per heavy atom. The van der Waals surface area contributed by atoms with Crippen LogP contribution in [0.5, 0.6) is 0 Å². The van der Waals surface area contributed by atoms with Gasteiger partial charge >= 0.3 is 17.9 Å². The Kier molecular flexibility index (Phi) is 37.0. The predicted octanol–water partition coefficient (Wildman–Crippen LogP) is 13.8. The number of ether oxygens (including phenoxy) is 3. The molecule has 0 saturated carbocycles. The largest absolute Gasteiger partial charge is 0.462 e. The molecule has 1 unspecified atom stereocenters. The summed E-state index contributed by atoms with van der Waals surface area (Å²) in [7, 11) is 0. The van der Waals surface area contributed by atoms with Crippen molar-refractivity contribution in [3.05, 3.63) is 0 Å². The van der Waals surface area contributed by atoms with Gasteiger partial charge in [-0.25, -0.2) is 0 Å². The highest BCUT2D eigenvalue weighted by Gasteiger charge is 2.19. The van der Waals surface area contributed by atoms with Crippen molar-refractivity contribution in [1.82, 2.24) is 0 Å². The van der Waals surface area contributed by atoms with Gasteiger partial charge in [0.15, 0.2) is 6.10 Å². The fraction of sp³-hybridized carbons (Fsp3) is 0.933. The molecule has 0 spiro atoms. The zero-order valence-corrected chi connectivity index (χ0v) is 34.7. The summed E-state index contributed by atoms with van der Waals surface area (Å²) in [5, 5.41) is 0. The first-order valence-electron chi connectivity index (χ1n) is 22.3. The highest BCUT2D eigenvalue weighted by molar-refractivity contribution is 5.71. The number of hydrogen-bond donors (Lipinski definition) is 0. The van der Waals surface area contributed by atoms with Gasteiger partial charge in [0, 0.05) is 19.3 Å². The molecule has 302 valence electrons. The average molecular weight is 723 g/mol. The zero-order valence-electron chi connectivity index (χ0n) is 34.7. The van der Waals surface area contributed by atoms with Crippen LogP contribution in [0, 0.1) is 11.8 Å². The van der Waals surface area contributed by atoms with E-state index in [-0.39, 0.29) is 31.1 Å². The lowest BCUT2D eigenvalue weighted by molar-refractivity contribution is -0.167. The van der Waals surface area contributed by atoms with Crippen LogP contribution in [0.3, 0.4) is 0 Å². The highest BCUT2D eigenvalue weighted by atomic mass is 16.6. The number of carbonyl (C=O) groups excluding carboxylic acids is 3. The molecule has 0 aromatic heterocycles. The molecule has 6 heteroatoms. The van der Waals surface area contributed by atoms with Crippen LogP contribution in [0.4, 0.5) is 0 Å². The molecule has 0 radical (unpaired) electrons. The minimum absolute atomic E-state index is 0.0658. The Morgan fingerprint density at radius 3 is 1.12 bits per heavy atom. The zero-order chi connectivity index (χ0) is 37.6. The summed E-state index contributed by atoms with van der Waals surface area (Å²) in [5.74, 6) is 0.810. The second-order valence-electron chi connectivity index (χ2n) is 16.1. The Labute approximate surface area is 317 Å². The summed E-state index contributed by atoms with van der Waals surface area (Å²) >= 11 is 0. The molecular formula is C45H86O6. The highest BCUT2D eigenvalue weighted by Crippen LogP contribution is 2.17. The molecule has 0 aliphatic rings. The van der Waals surface area contributed by atoms with E-state index < -0.39 is 6.10 Å². The SMILES string of the molecule is CCCCCCCCCC(=O)OC[C@@H](COC(=O)CCCCCCCCCCCC(C)C)OC(=O)CCCCCCCCCCCCC(C)CC. The van der Waals surface area contributed by atoms with Gasteiger partial charge in [-0.15, -0.1) is 0 Å². The molecule has 0 amide bonds. The van der Waals surface area contributed by atoms with E-state index in [4.69, 9.17) is 14.2 Å². The van der Waals surface area contributed by atoms with Crippen molar-refractivity contribution in [3.8, 4) is 0 Å². The molecule has 0 aliphatic heterocycles. The number of esters is 3. The summed E-state index contributed by atoms with van der Waals surface area (Å²) in [6, 6.07) is 0. The van der Waals surface area contributed by atoms with Crippen molar-refractivity contribution in [2.24, 2.45) is 11.8 Å². The molecule has 0 aromatic carbocycles. The molecule has 0 aromatic rings. The number of hydrogen-bond acceptors (Lipinski definition) is 6. The van der Waals surface area contributed by atoms with Crippen LogP contribution in [0.1, 0.15) is 240 Å². The van der Waals surface area contributed by atoms with Gasteiger partial charge < -0.3 is 14.2 Å². The first-order chi connectivity index (χ1) is 24.8. The van der Waals surface area contributed by atoms with Crippen molar-refractivity contribution in [3.63, 3.8) is 0 Å². The topological polar surface area (TPSA) is 78.9 Å². The van der Waals surface area contributed by atoms with E-state index in [2.05, 4.69) is 34.6 Å². The maximum absolute atomic E-state index is 12.7. The molecule has 0 saturated heterocycles. The minimum atomic E-state index is -0.759. The molecular weight excluding hydrogens is 636 g/mol. The first-order valence-corrected chi connectivity index (χ1v) is 22.3. The summed E-state index contributed by atoms with van der Waals surface area (Å²) in [5.41, 5.74) is 0. The minimum Gasteiger partial charge on any atom is -0.462 e. The Hall–Kier alpha value is -1.59. The number of carbonyl (C=O) groups is 3. The molecule has 6 nitrogen and oxygen atoms in total. The molecule has 2 atom stereocenters. The van der Waals surface area contributed by atoms with Gasteiger partial charge in [-0.2, -0.15) is 0 Å². The Balaban J connectivity index is 4.30. The van der Waals surface area contributed by atoms with Gasteiger partial charge in [-0.1, -0.05) is 202 Å². The number of rotatable bonds is 39. The second kappa shape index (κ2) is 38.1. The van der Waals surface area contributed by atoms with Crippen molar-refractivity contribution in [2.75, 3.05) is 13.2 Å². The van der Waals surface area contributed by atoms with Crippen molar-refractivity contribution in [2.45, 2.75) is 246 Å². The van der Waals surface area contributed by atoms with Crippen LogP contribution in [0.2, 0.25) is 0 Å². The van der Waals surface area contributed by atoms with Gasteiger partial charge in [0.25, 0.3) is 0 Å². The number of unbranched alkanes of at least 4 members (excludes halogenated alkanes) is 23. The summed E-state index contributed by atoms with van der Waals surface area (Å²) in [6.45, 7) is 11.3. The molecule has 51 heavy (non-hydrogen) atoms. The fourth-order valence-electron chi connectivity index (χ4n) is 6.54. The van der Waals surface area contributed by atoms with E-state index in [9.17, 15) is 14.4 Å². The van der Waals surface area contributed by atoms with Crippen LogP contribution in [-0.2, 0) is 28.6 Å². The molecule has 0 bridgehead atoms. The Morgan fingerprint density at radius 1 is 0.412 bits per heavy atom. The van der Waals surface area contributed by atoms with Gasteiger partial charge in [0.05, 0.1) is 0 Å². The van der Waals surface area contributed by atoms with Crippen molar-refractivity contribution < 1.29 is 28.6 Å².